The Morgan fingerprint density at radius 2 is 2.00 bits per heavy atom. The Balaban J connectivity index is 2.00. The fourth-order valence-electron chi connectivity index (χ4n) is 3.11. The Kier molecular flexibility index (Phi) is 2.10. The quantitative estimate of drug-likeness (QED) is 0.868. The molecule has 2 aliphatic rings. The van der Waals surface area contributed by atoms with Crippen LogP contribution in [0.4, 0.5) is 0 Å². The highest BCUT2D eigenvalue weighted by Gasteiger charge is 2.33. The van der Waals surface area contributed by atoms with E-state index in [1.807, 2.05) is 0 Å². The highest BCUT2D eigenvalue weighted by molar-refractivity contribution is 5.83. The third-order valence-electron chi connectivity index (χ3n) is 4.33. The number of H-pyrrole nitrogens is 1. The van der Waals surface area contributed by atoms with E-state index in [0.717, 1.165) is 17.0 Å². The summed E-state index contributed by atoms with van der Waals surface area (Å²) >= 11 is 0. The van der Waals surface area contributed by atoms with E-state index in [1.165, 1.54) is 42.4 Å². The molecule has 1 heterocycles. The van der Waals surface area contributed by atoms with Crippen molar-refractivity contribution in [1.82, 2.24) is 9.97 Å². The topological polar surface area (TPSA) is 48.9 Å². The molecular weight excluding hydrogens is 224 g/mol. The second kappa shape index (κ2) is 3.58. The minimum Gasteiger partial charge on any atom is -0.388 e. The molecule has 2 saturated carbocycles. The second-order valence-corrected chi connectivity index (χ2v) is 5.79. The van der Waals surface area contributed by atoms with Crippen molar-refractivity contribution < 1.29 is 5.11 Å². The van der Waals surface area contributed by atoms with Gasteiger partial charge in [0.1, 0.15) is 12.4 Å². The summed E-state index contributed by atoms with van der Waals surface area (Å²) in [6.07, 6.45) is 5.26. The molecule has 94 valence electrons. The standard InChI is InChI=1S/C15H18N2O/c1-8-11(9-2-3-9)6-12-15(14(8)10-4-5-10)17-13(7-18)16-12/h6,9-10,18H,2-5,7H2,1H3,(H,16,17). The number of nitrogens with one attached hydrogen (secondary N) is 1. The largest absolute Gasteiger partial charge is 0.388 e. The Labute approximate surface area is 106 Å². The molecule has 2 N–H and O–H groups in total. The number of aliphatic hydroxyl groups excluding tert-OH is 1. The molecule has 0 radical (unpaired) electrons. The fraction of sp³-hybridized carbons (Fsp3) is 0.533. The monoisotopic (exact) mass is 242 g/mol. The molecule has 0 aliphatic heterocycles. The molecule has 0 unspecified atom stereocenters. The lowest BCUT2D eigenvalue weighted by Crippen LogP contribution is -1.95. The number of hydrogen-bond acceptors (Lipinski definition) is 2. The average molecular weight is 242 g/mol. The van der Waals surface area contributed by atoms with Crippen molar-refractivity contribution in [3.05, 3.63) is 28.6 Å². The number of aromatic amines is 1. The van der Waals surface area contributed by atoms with Gasteiger partial charge in [-0.2, -0.15) is 0 Å². The lowest BCUT2D eigenvalue weighted by molar-refractivity contribution is 0.273. The van der Waals surface area contributed by atoms with E-state index in [4.69, 9.17) is 0 Å². The molecule has 2 aromatic rings. The van der Waals surface area contributed by atoms with Crippen LogP contribution >= 0.6 is 0 Å². The summed E-state index contributed by atoms with van der Waals surface area (Å²) < 4.78 is 0. The molecule has 2 aliphatic carbocycles. The molecular formula is C15H18N2O. The summed E-state index contributed by atoms with van der Waals surface area (Å²) in [6, 6.07) is 2.26. The van der Waals surface area contributed by atoms with Crippen molar-refractivity contribution in [2.75, 3.05) is 0 Å². The van der Waals surface area contributed by atoms with Crippen LogP contribution in [0.1, 0.15) is 60.0 Å². The van der Waals surface area contributed by atoms with Crippen molar-refractivity contribution >= 4 is 11.0 Å². The number of nitrogens with zero attached hydrogens (tertiary/aromatic N) is 1. The van der Waals surface area contributed by atoms with E-state index in [2.05, 4.69) is 23.0 Å². The first-order valence-corrected chi connectivity index (χ1v) is 6.90. The summed E-state index contributed by atoms with van der Waals surface area (Å²) in [6.45, 7) is 2.25. The molecule has 1 aromatic carbocycles. The first-order chi connectivity index (χ1) is 8.78. The highest BCUT2D eigenvalue weighted by Crippen LogP contribution is 2.49. The van der Waals surface area contributed by atoms with Gasteiger partial charge in [-0.05, 0) is 67.2 Å². The molecule has 0 amide bonds. The lowest BCUT2D eigenvalue weighted by Gasteiger charge is -2.11. The minimum atomic E-state index is -0.00338. The van der Waals surface area contributed by atoms with Gasteiger partial charge in [0.2, 0.25) is 0 Å². The number of benzene rings is 1. The molecule has 4 rings (SSSR count). The SMILES string of the molecule is Cc1c(C2CC2)cc2[nH]c(CO)nc2c1C1CC1. The number of fused-ring (bicyclic) bond motifs is 1. The van der Waals surface area contributed by atoms with Crippen LogP contribution in [-0.4, -0.2) is 15.1 Å². The molecule has 3 nitrogen and oxygen atoms in total. The van der Waals surface area contributed by atoms with Crippen LogP contribution < -0.4 is 0 Å². The Hall–Kier alpha value is -1.35. The van der Waals surface area contributed by atoms with Crippen molar-refractivity contribution in [1.29, 1.82) is 0 Å². The third kappa shape index (κ3) is 1.50. The molecule has 0 spiro atoms. The number of aromatic nitrogens is 2. The molecule has 0 bridgehead atoms. The zero-order chi connectivity index (χ0) is 12.3. The van der Waals surface area contributed by atoms with E-state index in [1.54, 1.807) is 0 Å². The Bertz CT molecular complexity index is 621. The summed E-state index contributed by atoms with van der Waals surface area (Å²) in [5.41, 5.74) is 6.64. The van der Waals surface area contributed by atoms with Crippen LogP contribution in [-0.2, 0) is 6.61 Å². The first kappa shape index (κ1) is 10.6. The van der Waals surface area contributed by atoms with Gasteiger partial charge in [0.05, 0.1) is 11.0 Å². The van der Waals surface area contributed by atoms with Gasteiger partial charge in [-0.1, -0.05) is 0 Å². The molecule has 0 atom stereocenters. The minimum absolute atomic E-state index is 0.00338. The molecule has 0 saturated heterocycles. The number of hydrogen-bond donors (Lipinski definition) is 2. The lowest BCUT2D eigenvalue weighted by atomic mass is 9.94. The zero-order valence-corrected chi connectivity index (χ0v) is 10.7. The maximum absolute atomic E-state index is 9.25. The van der Waals surface area contributed by atoms with Gasteiger partial charge in [-0.25, -0.2) is 4.98 Å². The van der Waals surface area contributed by atoms with Crippen LogP contribution in [0.25, 0.3) is 11.0 Å². The maximum atomic E-state index is 9.25. The predicted molar refractivity (Wildman–Crippen MR) is 70.7 cm³/mol. The molecule has 3 heteroatoms. The maximum Gasteiger partial charge on any atom is 0.133 e. The summed E-state index contributed by atoms with van der Waals surface area (Å²) in [5, 5.41) is 9.25. The van der Waals surface area contributed by atoms with E-state index in [0.29, 0.717) is 11.7 Å². The number of aliphatic hydroxyl groups is 1. The van der Waals surface area contributed by atoms with Crippen molar-refractivity contribution in [2.24, 2.45) is 0 Å². The number of rotatable bonds is 3. The van der Waals surface area contributed by atoms with E-state index < -0.39 is 0 Å². The van der Waals surface area contributed by atoms with Crippen molar-refractivity contribution in [2.45, 2.75) is 51.0 Å². The van der Waals surface area contributed by atoms with Crippen LogP contribution in [0.2, 0.25) is 0 Å². The van der Waals surface area contributed by atoms with Gasteiger partial charge >= 0.3 is 0 Å². The molecule has 2 fully saturated rings. The highest BCUT2D eigenvalue weighted by atomic mass is 16.3. The van der Waals surface area contributed by atoms with Gasteiger partial charge in [0, 0.05) is 0 Å². The average Bonchev–Trinajstić information content (AvgIpc) is 3.25. The van der Waals surface area contributed by atoms with Crippen molar-refractivity contribution in [3.8, 4) is 0 Å². The smallest absolute Gasteiger partial charge is 0.133 e. The van der Waals surface area contributed by atoms with Gasteiger partial charge in [-0.15, -0.1) is 0 Å². The van der Waals surface area contributed by atoms with E-state index in [9.17, 15) is 5.11 Å². The van der Waals surface area contributed by atoms with Gasteiger partial charge < -0.3 is 10.1 Å². The van der Waals surface area contributed by atoms with Crippen LogP contribution in [0, 0.1) is 6.92 Å². The van der Waals surface area contributed by atoms with Crippen molar-refractivity contribution in [3.63, 3.8) is 0 Å². The zero-order valence-electron chi connectivity index (χ0n) is 10.7. The Morgan fingerprint density at radius 3 is 2.61 bits per heavy atom. The summed E-state index contributed by atoms with van der Waals surface area (Å²) in [4.78, 5) is 7.83. The number of imidazole rings is 1. The van der Waals surface area contributed by atoms with E-state index in [-0.39, 0.29) is 6.61 Å². The molecule has 18 heavy (non-hydrogen) atoms. The molecule has 1 aromatic heterocycles. The van der Waals surface area contributed by atoms with Crippen LogP contribution in [0.15, 0.2) is 6.07 Å². The predicted octanol–water partition coefficient (Wildman–Crippen LogP) is 3.12. The second-order valence-electron chi connectivity index (χ2n) is 5.79. The van der Waals surface area contributed by atoms with Crippen LogP contribution in [0.3, 0.4) is 0 Å². The Morgan fingerprint density at radius 1 is 1.28 bits per heavy atom. The third-order valence-corrected chi connectivity index (χ3v) is 4.33. The first-order valence-electron chi connectivity index (χ1n) is 6.90. The van der Waals surface area contributed by atoms with Gasteiger partial charge in [-0.3, -0.25) is 0 Å². The van der Waals surface area contributed by atoms with Gasteiger partial charge in [0.25, 0.3) is 0 Å². The van der Waals surface area contributed by atoms with Crippen LogP contribution in [0.5, 0.6) is 0 Å². The fourth-order valence-corrected chi connectivity index (χ4v) is 3.11. The van der Waals surface area contributed by atoms with Gasteiger partial charge in [0.15, 0.2) is 0 Å². The summed E-state index contributed by atoms with van der Waals surface area (Å²) in [7, 11) is 0. The summed E-state index contributed by atoms with van der Waals surface area (Å²) in [5.74, 6) is 2.17. The normalized spacial score (nSPS) is 19.7. The van der Waals surface area contributed by atoms with E-state index >= 15 is 0 Å².